The fourth-order valence-electron chi connectivity index (χ4n) is 5.36. The van der Waals surface area contributed by atoms with Gasteiger partial charge in [-0.1, -0.05) is 24.6 Å². The Balaban J connectivity index is 1.34. The lowest BCUT2D eigenvalue weighted by atomic mass is 9.88. The second-order valence-electron chi connectivity index (χ2n) is 8.93. The molecule has 2 bridgehead atoms. The number of nitrogens with zero attached hydrogens (tertiary/aromatic N) is 1. The Bertz CT molecular complexity index is 867. The minimum atomic E-state index is -4.33. The SMILES string of the molecule is O=C(O)C1=CC=CN(CC2CC3CCC2C3)C1SCCCc1cccc(C(F)(F)F)c1. The topological polar surface area (TPSA) is 40.5 Å². The molecule has 2 saturated carbocycles. The quantitative estimate of drug-likeness (QED) is 0.494. The Morgan fingerprint density at radius 3 is 2.74 bits per heavy atom. The number of halogens is 3. The fraction of sp³-hybridized carbons (Fsp3) is 0.542. The van der Waals surface area contributed by atoms with Crippen molar-refractivity contribution >= 4 is 17.7 Å². The zero-order valence-electron chi connectivity index (χ0n) is 17.4. The predicted molar refractivity (Wildman–Crippen MR) is 117 cm³/mol. The number of fused-ring (bicyclic) bond motifs is 2. The minimum absolute atomic E-state index is 0.247. The summed E-state index contributed by atoms with van der Waals surface area (Å²) in [6.07, 6.45) is 7.59. The third-order valence-corrected chi connectivity index (χ3v) is 8.20. The van der Waals surface area contributed by atoms with Crippen molar-refractivity contribution in [2.24, 2.45) is 17.8 Å². The van der Waals surface area contributed by atoms with Crippen molar-refractivity contribution in [2.75, 3.05) is 12.3 Å². The highest BCUT2D eigenvalue weighted by atomic mass is 32.2. The van der Waals surface area contributed by atoms with Gasteiger partial charge in [0, 0.05) is 12.7 Å². The van der Waals surface area contributed by atoms with Crippen molar-refractivity contribution in [1.82, 2.24) is 4.90 Å². The first-order chi connectivity index (χ1) is 14.8. The molecule has 4 unspecified atom stereocenters. The van der Waals surface area contributed by atoms with Crippen LogP contribution in [0.4, 0.5) is 13.2 Å². The average Bonchev–Trinajstić information content (AvgIpc) is 3.34. The van der Waals surface area contributed by atoms with Crippen molar-refractivity contribution in [1.29, 1.82) is 0 Å². The number of benzene rings is 1. The van der Waals surface area contributed by atoms with Crippen LogP contribution in [0, 0.1) is 17.8 Å². The van der Waals surface area contributed by atoms with Crippen molar-refractivity contribution in [3.63, 3.8) is 0 Å². The molecule has 4 atom stereocenters. The molecule has 168 valence electrons. The monoisotopic (exact) mass is 451 g/mol. The lowest BCUT2D eigenvalue weighted by Gasteiger charge is -2.36. The number of thioether (sulfide) groups is 1. The van der Waals surface area contributed by atoms with Gasteiger partial charge in [0.15, 0.2) is 0 Å². The number of hydrogen-bond acceptors (Lipinski definition) is 3. The van der Waals surface area contributed by atoms with E-state index in [1.54, 1.807) is 23.9 Å². The third-order valence-electron chi connectivity index (χ3n) is 6.84. The number of alkyl halides is 3. The van der Waals surface area contributed by atoms with Crippen LogP contribution < -0.4 is 0 Å². The minimum Gasteiger partial charge on any atom is -0.478 e. The van der Waals surface area contributed by atoms with E-state index < -0.39 is 17.7 Å². The van der Waals surface area contributed by atoms with Crippen molar-refractivity contribution in [2.45, 2.75) is 50.1 Å². The van der Waals surface area contributed by atoms with Crippen molar-refractivity contribution < 1.29 is 23.1 Å². The second kappa shape index (κ2) is 9.31. The Kier molecular flexibility index (Phi) is 6.70. The summed E-state index contributed by atoms with van der Waals surface area (Å²) in [6.45, 7) is 0.883. The smallest absolute Gasteiger partial charge is 0.416 e. The second-order valence-corrected chi connectivity index (χ2v) is 10.1. The van der Waals surface area contributed by atoms with Gasteiger partial charge in [0.05, 0.1) is 11.1 Å². The van der Waals surface area contributed by atoms with Crippen LogP contribution in [0.25, 0.3) is 0 Å². The standard InChI is InChI=1S/C24H28F3NO2S/c25-24(26,27)20-6-1-4-16(14-20)5-3-11-31-22-21(23(29)30)7-2-10-28(22)15-19-13-17-8-9-18(19)12-17/h1-2,4,6-7,10,14,17-19,22H,3,5,8-9,11-13,15H2,(H,29,30). The zero-order valence-corrected chi connectivity index (χ0v) is 18.2. The van der Waals surface area contributed by atoms with Crippen LogP contribution in [0.3, 0.4) is 0 Å². The summed E-state index contributed by atoms with van der Waals surface area (Å²) in [6, 6.07) is 5.45. The molecule has 0 spiro atoms. The number of carboxylic acids is 1. The Hall–Kier alpha value is -1.89. The van der Waals surface area contributed by atoms with Crippen LogP contribution >= 0.6 is 11.8 Å². The molecule has 2 fully saturated rings. The van der Waals surface area contributed by atoms with Crippen LogP contribution in [0.5, 0.6) is 0 Å². The van der Waals surface area contributed by atoms with Gasteiger partial charge in [-0.3, -0.25) is 0 Å². The lowest BCUT2D eigenvalue weighted by molar-refractivity contribution is -0.137. The maximum absolute atomic E-state index is 12.9. The molecule has 0 aromatic heterocycles. The van der Waals surface area contributed by atoms with E-state index in [9.17, 15) is 23.1 Å². The average molecular weight is 452 g/mol. The number of aryl methyl sites for hydroxylation is 1. The van der Waals surface area contributed by atoms with E-state index in [0.717, 1.165) is 24.4 Å². The first kappa shape index (κ1) is 22.3. The van der Waals surface area contributed by atoms with Gasteiger partial charge >= 0.3 is 12.1 Å². The highest BCUT2D eigenvalue weighted by molar-refractivity contribution is 8.00. The van der Waals surface area contributed by atoms with Crippen LogP contribution in [0.1, 0.15) is 43.2 Å². The van der Waals surface area contributed by atoms with Gasteiger partial charge in [0.2, 0.25) is 0 Å². The van der Waals surface area contributed by atoms with E-state index in [2.05, 4.69) is 4.90 Å². The van der Waals surface area contributed by atoms with E-state index in [0.29, 0.717) is 35.6 Å². The molecule has 1 aliphatic heterocycles. The van der Waals surface area contributed by atoms with E-state index in [1.165, 1.54) is 37.8 Å². The van der Waals surface area contributed by atoms with Crippen LogP contribution in [-0.4, -0.2) is 33.6 Å². The van der Waals surface area contributed by atoms with Crippen LogP contribution in [0.2, 0.25) is 0 Å². The summed E-state index contributed by atoms with van der Waals surface area (Å²) < 4.78 is 38.7. The predicted octanol–water partition coefficient (Wildman–Crippen LogP) is 5.97. The molecule has 4 rings (SSSR count). The van der Waals surface area contributed by atoms with Gasteiger partial charge in [-0.15, -0.1) is 11.8 Å². The highest BCUT2D eigenvalue weighted by Crippen LogP contribution is 2.49. The summed E-state index contributed by atoms with van der Waals surface area (Å²) in [5, 5.41) is 9.44. The molecule has 0 saturated heterocycles. The number of allylic oxidation sites excluding steroid dienone is 2. The van der Waals surface area contributed by atoms with Crippen molar-refractivity contribution in [3.05, 3.63) is 59.3 Å². The molecular formula is C24H28F3NO2S. The van der Waals surface area contributed by atoms with Gasteiger partial charge in [0.1, 0.15) is 5.37 Å². The first-order valence-electron chi connectivity index (χ1n) is 11.0. The van der Waals surface area contributed by atoms with E-state index in [4.69, 9.17) is 0 Å². The highest BCUT2D eigenvalue weighted by Gasteiger charge is 2.41. The van der Waals surface area contributed by atoms with Gasteiger partial charge < -0.3 is 10.0 Å². The molecule has 0 radical (unpaired) electrons. The molecule has 31 heavy (non-hydrogen) atoms. The summed E-state index contributed by atoms with van der Waals surface area (Å²) in [7, 11) is 0. The number of aliphatic carboxylic acids is 1. The molecule has 1 heterocycles. The maximum Gasteiger partial charge on any atom is 0.416 e. The Morgan fingerprint density at radius 2 is 2.06 bits per heavy atom. The molecule has 0 amide bonds. The normalized spacial score (nSPS) is 27.6. The largest absolute Gasteiger partial charge is 0.478 e. The lowest BCUT2D eigenvalue weighted by Crippen LogP contribution is -2.39. The molecule has 3 aliphatic rings. The molecule has 3 nitrogen and oxygen atoms in total. The fourth-order valence-corrected chi connectivity index (χ4v) is 6.60. The Morgan fingerprint density at radius 1 is 1.23 bits per heavy atom. The number of carboxylic acid groups (broad SMARTS) is 1. The first-order valence-corrected chi connectivity index (χ1v) is 12.0. The number of rotatable bonds is 8. The van der Waals surface area contributed by atoms with Gasteiger partial charge in [0.25, 0.3) is 0 Å². The summed E-state index contributed by atoms with van der Waals surface area (Å²) in [5.41, 5.74) is 0.421. The molecule has 1 aromatic rings. The molecule has 2 aliphatic carbocycles. The summed E-state index contributed by atoms with van der Waals surface area (Å²) in [4.78, 5) is 14.0. The van der Waals surface area contributed by atoms with Crippen LogP contribution in [-0.2, 0) is 17.4 Å². The molecular weight excluding hydrogens is 423 g/mol. The maximum atomic E-state index is 12.9. The van der Waals surface area contributed by atoms with Gasteiger partial charge in [-0.05, 0) is 79.4 Å². The molecule has 1 aromatic carbocycles. The summed E-state index contributed by atoms with van der Waals surface area (Å²) in [5.74, 6) is 2.02. The number of hydrogen-bond donors (Lipinski definition) is 1. The summed E-state index contributed by atoms with van der Waals surface area (Å²) >= 11 is 1.58. The Labute approximate surface area is 185 Å². The zero-order chi connectivity index (χ0) is 22.0. The molecule has 7 heteroatoms. The van der Waals surface area contributed by atoms with Crippen molar-refractivity contribution in [3.8, 4) is 0 Å². The molecule has 1 N–H and O–H groups in total. The van der Waals surface area contributed by atoms with E-state index in [1.807, 2.05) is 12.3 Å². The van der Waals surface area contributed by atoms with E-state index in [-0.39, 0.29) is 5.37 Å². The van der Waals surface area contributed by atoms with Gasteiger partial charge in [-0.2, -0.15) is 13.2 Å². The number of carbonyl (C=O) groups is 1. The van der Waals surface area contributed by atoms with Crippen LogP contribution in [0.15, 0.2) is 48.2 Å². The van der Waals surface area contributed by atoms with Gasteiger partial charge in [-0.25, -0.2) is 4.79 Å². The van der Waals surface area contributed by atoms with E-state index >= 15 is 0 Å². The third kappa shape index (κ3) is 5.30.